The van der Waals surface area contributed by atoms with Crippen molar-refractivity contribution in [2.45, 2.75) is 33.0 Å². The lowest BCUT2D eigenvalue weighted by Gasteiger charge is -2.50. The van der Waals surface area contributed by atoms with Crippen molar-refractivity contribution < 1.29 is 24.2 Å². The van der Waals surface area contributed by atoms with Crippen LogP contribution in [0.15, 0.2) is 22.7 Å². The predicted octanol–water partition coefficient (Wildman–Crippen LogP) is 2.72. The van der Waals surface area contributed by atoms with E-state index in [0.717, 1.165) is 4.47 Å². The standard InChI is InChI=1S/C18H23BrN2O5/c1-17(2,3)18-8-21(16(23)24)7-13(25-9-18)14(18)26-12-5-4-10(19)6-11(12)15(20)22/h4-6,13-14H,7-9H2,1-3H3,(H2,20,22)(H,23,24)/t13-,14?,18+/m0/s1. The minimum Gasteiger partial charge on any atom is -0.486 e. The molecule has 0 saturated carbocycles. The fraction of sp³-hybridized carbons (Fsp3) is 0.556. The second-order valence-corrected chi connectivity index (χ2v) is 8.88. The van der Waals surface area contributed by atoms with Crippen molar-refractivity contribution in [3.63, 3.8) is 0 Å². The summed E-state index contributed by atoms with van der Waals surface area (Å²) >= 11 is 3.33. The summed E-state index contributed by atoms with van der Waals surface area (Å²) in [5.74, 6) is -0.194. The van der Waals surface area contributed by atoms with E-state index in [0.29, 0.717) is 18.9 Å². The van der Waals surface area contributed by atoms with Crippen LogP contribution in [0.4, 0.5) is 4.79 Å². The number of rotatable bonds is 3. The monoisotopic (exact) mass is 426 g/mol. The molecule has 2 saturated heterocycles. The van der Waals surface area contributed by atoms with Crippen LogP contribution in [0.5, 0.6) is 5.75 Å². The molecule has 0 spiro atoms. The smallest absolute Gasteiger partial charge is 0.407 e. The normalized spacial score (nSPS) is 28.1. The van der Waals surface area contributed by atoms with Gasteiger partial charge in [0.25, 0.3) is 5.91 Å². The molecule has 2 aliphatic rings. The maximum atomic E-state index is 11.8. The first-order valence-electron chi connectivity index (χ1n) is 8.41. The molecule has 142 valence electrons. The molecule has 0 aromatic heterocycles. The number of amides is 2. The van der Waals surface area contributed by atoms with E-state index in [1.54, 1.807) is 18.2 Å². The molecule has 3 atom stereocenters. The molecule has 1 aromatic rings. The second kappa shape index (κ2) is 6.42. The van der Waals surface area contributed by atoms with Crippen molar-refractivity contribution in [1.82, 2.24) is 4.90 Å². The molecule has 2 aliphatic heterocycles. The molecule has 26 heavy (non-hydrogen) atoms. The van der Waals surface area contributed by atoms with Crippen LogP contribution in [0, 0.1) is 10.8 Å². The highest BCUT2D eigenvalue weighted by Gasteiger charge is 2.62. The SMILES string of the molecule is CC(C)(C)[C@@]12CO[C@@H](CN(C(=O)O)C1)C2Oc1ccc(Br)cc1C(N)=O. The molecule has 2 bridgehead atoms. The summed E-state index contributed by atoms with van der Waals surface area (Å²) < 4.78 is 12.9. The van der Waals surface area contributed by atoms with Gasteiger partial charge in [0.1, 0.15) is 18.0 Å². The molecule has 0 radical (unpaired) electrons. The van der Waals surface area contributed by atoms with E-state index in [4.69, 9.17) is 15.2 Å². The van der Waals surface area contributed by atoms with Crippen LogP contribution >= 0.6 is 15.9 Å². The van der Waals surface area contributed by atoms with Gasteiger partial charge in [0.2, 0.25) is 0 Å². The zero-order valence-corrected chi connectivity index (χ0v) is 16.6. The number of carboxylic acid groups (broad SMARTS) is 1. The van der Waals surface area contributed by atoms with Gasteiger partial charge in [0.15, 0.2) is 0 Å². The van der Waals surface area contributed by atoms with Crippen molar-refractivity contribution in [3.8, 4) is 5.75 Å². The predicted molar refractivity (Wildman–Crippen MR) is 98.3 cm³/mol. The van der Waals surface area contributed by atoms with E-state index in [-0.39, 0.29) is 23.6 Å². The number of benzene rings is 1. The van der Waals surface area contributed by atoms with Crippen LogP contribution in [0.3, 0.4) is 0 Å². The molecular formula is C18H23BrN2O5. The highest BCUT2D eigenvalue weighted by atomic mass is 79.9. The maximum absolute atomic E-state index is 11.8. The van der Waals surface area contributed by atoms with Crippen molar-refractivity contribution in [3.05, 3.63) is 28.2 Å². The molecular weight excluding hydrogens is 404 g/mol. The Hall–Kier alpha value is -1.80. The van der Waals surface area contributed by atoms with E-state index in [1.807, 2.05) is 0 Å². The quantitative estimate of drug-likeness (QED) is 0.773. The fourth-order valence-corrected chi connectivity index (χ4v) is 4.20. The number of fused-ring (bicyclic) bond motifs is 2. The van der Waals surface area contributed by atoms with Gasteiger partial charge >= 0.3 is 6.09 Å². The molecule has 1 unspecified atom stereocenters. The third-order valence-electron chi connectivity index (χ3n) is 5.54. The van der Waals surface area contributed by atoms with Crippen LogP contribution < -0.4 is 10.5 Å². The number of nitrogens with two attached hydrogens (primary N) is 1. The maximum Gasteiger partial charge on any atom is 0.407 e. The Bertz CT molecular complexity index is 748. The van der Waals surface area contributed by atoms with Gasteiger partial charge in [-0.25, -0.2) is 4.79 Å². The van der Waals surface area contributed by atoms with Gasteiger partial charge in [-0.1, -0.05) is 36.7 Å². The van der Waals surface area contributed by atoms with E-state index in [9.17, 15) is 14.7 Å². The van der Waals surface area contributed by atoms with Gasteiger partial charge in [-0.15, -0.1) is 0 Å². The van der Waals surface area contributed by atoms with Gasteiger partial charge in [0, 0.05) is 11.0 Å². The summed E-state index contributed by atoms with van der Waals surface area (Å²) in [6.07, 6.45) is -1.74. The number of likely N-dealkylation sites (tertiary alicyclic amines) is 1. The summed E-state index contributed by atoms with van der Waals surface area (Å²) in [5, 5.41) is 9.47. The van der Waals surface area contributed by atoms with Gasteiger partial charge < -0.3 is 25.2 Å². The van der Waals surface area contributed by atoms with Gasteiger partial charge in [-0.2, -0.15) is 0 Å². The Morgan fingerprint density at radius 3 is 2.69 bits per heavy atom. The lowest BCUT2D eigenvalue weighted by atomic mass is 9.62. The summed E-state index contributed by atoms with van der Waals surface area (Å²) in [5.41, 5.74) is 4.97. The lowest BCUT2D eigenvalue weighted by Crippen LogP contribution is -2.62. The Labute approximate surface area is 160 Å². The Balaban J connectivity index is 2.00. The summed E-state index contributed by atoms with van der Waals surface area (Å²) in [6.45, 7) is 7.11. The zero-order valence-electron chi connectivity index (χ0n) is 15.0. The van der Waals surface area contributed by atoms with Crippen LogP contribution in [0.1, 0.15) is 31.1 Å². The van der Waals surface area contributed by atoms with Crippen molar-refractivity contribution in [1.29, 1.82) is 0 Å². The van der Waals surface area contributed by atoms with Gasteiger partial charge in [-0.05, 0) is 23.6 Å². The molecule has 3 rings (SSSR count). The van der Waals surface area contributed by atoms with E-state index >= 15 is 0 Å². The molecule has 1 aromatic carbocycles. The second-order valence-electron chi connectivity index (χ2n) is 7.96. The number of carbonyl (C=O) groups is 2. The number of halogens is 1. The number of hydrogen-bond donors (Lipinski definition) is 2. The number of carbonyl (C=O) groups excluding carboxylic acids is 1. The number of hydrogen-bond acceptors (Lipinski definition) is 4. The Morgan fingerprint density at radius 2 is 2.12 bits per heavy atom. The van der Waals surface area contributed by atoms with E-state index < -0.39 is 23.5 Å². The minimum atomic E-state index is -0.964. The van der Waals surface area contributed by atoms with E-state index in [2.05, 4.69) is 36.7 Å². The van der Waals surface area contributed by atoms with Gasteiger partial charge in [-0.3, -0.25) is 4.79 Å². The number of piperidine rings is 1. The molecule has 7 nitrogen and oxygen atoms in total. The third-order valence-corrected chi connectivity index (χ3v) is 6.03. The molecule has 2 fully saturated rings. The summed E-state index contributed by atoms with van der Waals surface area (Å²) in [7, 11) is 0. The van der Waals surface area contributed by atoms with E-state index in [1.165, 1.54) is 4.90 Å². The summed E-state index contributed by atoms with van der Waals surface area (Å²) in [6, 6.07) is 5.10. The largest absolute Gasteiger partial charge is 0.486 e. The Morgan fingerprint density at radius 1 is 1.42 bits per heavy atom. The van der Waals surface area contributed by atoms with Crippen LogP contribution in [0.25, 0.3) is 0 Å². The summed E-state index contributed by atoms with van der Waals surface area (Å²) in [4.78, 5) is 24.8. The molecule has 2 amide bonds. The number of nitrogens with zero attached hydrogens (tertiary/aromatic N) is 1. The average molecular weight is 427 g/mol. The van der Waals surface area contributed by atoms with Crippen molar-refractivity contribution >= 4 is 27.9 Å². The fourth-order valence-electron chi connectivity index (χ4n) is 3.84. The highest BCUT2D eigenvalue weighted by Crippen LogP contribution is 2.52. The minimum absolute atomic E-state index is 0.236. The van der Waals surface area contributed by atoms with Crippen LogP contribution in [-0.2, 0) is 4.74 Å². The van der Waals surface area contributed by atoms with Crippen LogP contribution in [-0.4, -0.2) is 53.9 Å². The topological polar surface area (TPSA) is 102 Å². The van der Waals surface area contributed by atoms with Crippen LogP contribution in [0.2, 0.25) is 0 Å². The van der Waals surface area contributed by atoms with Crippen molar-refractivity contribution in [2.75, 3.05) is 19.7 Å². The highest BCUT2D eigenvalue weighted by molar-refractivity contribution is 9.10. The molecule has 3 N–H and O–H groups in total. The third kappa shape index (κ3) is 3.05. The average Bonchev–Trinajstić information content (AvgIpc) is 2.75. The van der Waals surface area contributed by atoms with Gasteiger partial charge in [0.05, 0.1) is 24.1 Å². The first kappa shape index (κ1) is 19.0. The molecule has 2 heterocycles. The molecule has 8 heteroatoms. The first-order chi connectivity index (χ1) is 12.0. The first-order valence-corrected chi connectivity index (χ1v) is 9.20. The number of ether oxygens (including phenoxy) is 2. The Kier molecular flexibility index (Phi) is 4.69. The lowest BCUT2D eigenvalue weighted by molar-refractivity contribution is -0.0638. The number of primary amides is 1. The van der Waals surface area contributed by atoms with Crippen molar-refractivity contribution in [2.24, 2.45) is 16.6 Å². The zero-order chi connectivity index (χ0) is 19.3. The molecule has 0 aliphatic carbocycles.